The lowest BCUT2D eigenvalue weighted by molar-refractivity contribution is 0.446. The summed E-state index contributed by atoms with van der Waals surface area (Å²) in [6.07, 6.45) is 0.860. The van der Waals surface area contributed by atoms with Crippen molar-refractivity contribution in [1.29, 1.82) is 0 Å². The van der Waals surface area contributed by atoms with Gasteiger partial charge in [0.25, 0.3) is 0 Å². The smallest absolute Gasteiger partial charge is 0.170 e. The molecule has 14 heavy (non-hydrogen) atoms. The van der Waals surface area contributed by atoms with E-state index in [0.29, 0.717) is 0 Å². The van der Waals surface area contributed by atoms with E-state index in [1.165, 1.54) is 5.56 Å². The third kappa shape index (κ3) is 1.52. The molecule has 0 radical (unpaired) electrons. The van der Waals surface area contributed by atoms with Gasteiger partial charge >= 0.3 is 0 Å². The third-order valence-electron chi connectivity index (χ3n) is 2.33. The first kappa shape index (κ1) is 9.59. The van der Waals surface area contributed by atoms with Crippen molar-refractivity contribution in [3.8, 4) is 0 Å². The van der Waals surface area contributed by atoms with Gasteiger partial charge in [0, 0.05) is 11.8 Å². The number of thiol groups is 1. The molecule has 2 nitrogen and oxygen atoms in total. The number of hydrogen-bond acceptors (Lipinski definition) is 3. The second-order valence-electron chi connectivity index (χ2n) is 3.56. The van der Waals surface area contributed by atoms with E-state index in [9.17, 15) is 0 Å². The van der Waals surface area contributed by atoms with Crippen LogP contribution in [-0.4, -0.2) is 10.9 Å². The highest BCUT2D eigenvalue weighted by atomic mass is 32.1. The number of nitrogens with zero attached hydrogens (tertiary/aromatic N) is 1. The number of benzene rings is 1. The molecule has 0 saturated carbocycles. The zero-order valence-corrected chi connectivity index (χ0v) is 9.27. The molecule has 0 bridgehead atoms. The third-order valence-corrected chi connectivity index (χ3v) is 2.55. The van der Waals surface area contributed by atoms with E-state index in [0.717, 1.165) is 34.4 Å². The lowest BCUT2D eigenvalue weighted by atomic mass is 10.1. The Morgan fingerprint density at radius 2 is 2.14 bits per heavy atom. The van der Waals surface area contributed by atoms with Gasteiger partial charge in [-0.25, -0.2) is 0 Å². The molecular formula is C11H13NOS. The molecule has 1 heterocycles. The monoisotopic (exact) mass is 207 g/mol. The van der Waals surface area contributed by atoms with Crippen LogP contribution in [0.4, 0.5) is 0 Å². The van der Waals surface area contributed by atoms with E-state index in [1.54, 1.807) is 0 Å². The van der Waals surface area contributed by atoms with E-state index < -0.39 is 0 Å². The predicted molar refractivity (Wildman–Crippen MR) is 61.0 cm³/mol. The van der Waals surface area contributed by atoms with Crippen LogP contribution in [0.3, 0.4) is 0 Å². The molecule has 3 heteroatoms. The van der Waals surface area contributed by atoms with Gasteiger partial charge in [-0.1, -0.05) is 11.2 Å². The largest absolute Gasteiger partial charge is 0.356 e. The van der Waals surface area contributed by atoms with Gasteiger partial charge in [0.2, 0.25) is 0 Å². The average Bonchev–Trinajstić information content (AvgIpc) is 2.49. The van der Waals surface area contributed by atoms with Crippen molar-refractivity contribution in [2.75, 3.05) is 5.75 Å². The zero-order chi connectivity index (χ0) is 10.1. The number of hydrogen-bond donors (Lipinski definition) is 1. The van der Waals surface area contributed by atoms with Crippen LogP contribution in [-0.2, 0) is 6.42 Å². The highest BCUT2D eigenvalue weighted by Crippen LogP contribution is 2.24. The van der Waals surface area contributed by atoms with E-state index >= 15 is 0 Å². The van der Waals surface area contributed by atoms with Gasteiger partial charge in [0.05, 0.1) is 5.69 Å². The van der Waals surface area contributed by atoms with Gasteiger partial charge in [0.1, 0.15) is 0 Å². The first-order chi connectivity index (χ1) is 6.72. The molecule has 1 aromatic carbocycles. The van der Waals surface area contributed by atoms with Gasteiger partial charge in [-0.05, 0) is 36.8 Å². The molecule has 0 saturated heterocycles. The van der Waals surface area contributed by atoms with E-state index in [1.807, 2.05) is 6.92 Å². The summed E-state index contributed by atoms with van der Waals surface area (Å²) in [6.45, 7) is 4.13. The second kappa shape index (κ2) is 3.65. The zero-order valence-electron chi connectivity index (χ0n) is 8.37. The van der Waals surface area contributed by atoms with E-state index in [-0.39, 0.29) is 0 Å². The molecule has 0 aliphatic rings. The minimum atomic E-state index is 0.800. The number of fused-ring (bicyclic) bond motifs is 1. The van der Waals surface area contributed by atoms with E-state index in [4.69, 9.17) is 4.52 Å². The van der Waals surface area contributed by atoms with Gasteiger partial charge in [-0.15, -0.1) is 0 Å². The summed E-state index contributed by atoms with van der Waals surface area (Å²) in [4.78, 5) is 0. The van der Waals surface area contributed by atoms with E-state index in [2.05, 4.69) is 36.8 Å². The molecule has 0 amide bonds. The molecule has 1 aromatic heterocycles. The SMILES string of the molecule is Cc1cc(C)c2onc(CCS)c2c1. The Morgan fingerprint density at radius 1 is 1.36 bits per heavy atom. The van der Waals surface area contributed by atoms with Gasteiger partial charge in [-0.3, -0.25) is 0 Å². The summed E-state index contributed by atoms with van der Waals surface area (Å²) in [7, 11) is 0. The molecule has 0 aliphatic heterocycles. The van der Waals surface area contributed by atoms with Crippen LogP contribution in [0.25, 0.3) is 11.0 Å². The Labute approximate surface area is 88.7 Å². The predicted octanol–water partition coefficient (Wildman–Crippen LogP) is 2.92. The van der Waals surface area contributed by atoms with Crippen LogP contribution in [0.2, 0.25) is 0 Å². The van der Waals surface area contributed by atoms with Crippen LogP contribution in [0.15, 0.2) is 16.7 Å². The van der Waals surface area contributed by atoms with Crippen molar-refractivity contribution in [3.63, 3.8) is 0 Å². The fourth-order valence-corrected chi connectivity index (χ4v) is 1.94. The quantitative estimate of drug-likeness (QED) is 0.766. The first-order valence-corrected chi connectivity index (χ1v) is 5.32. The molecular weight excluding hydrogens is 194 g/mol. The molecule has 2 rings (SSSR count). The average molecular weight is 207 g/mol. The molecule has 0 atom stereocenters. The Balaban J connectivity index is 2.66. The lowest BCUT2D eigenvalue weighted by Gasteiger charge is -1.97. The topological polar surface area (TPSA) is 26.0 Å². The minimum absolute atomic E-state index is 0.800. The summed E-state index contributed by atoms with van der Waals surface area (Å²) in [6, 6.07) is 4.23. The molecule has 0 unspecified atom stereocenters. The maximum Gasteiger partial charge on any atom is 0.170 e. The van der Waals surface area contributed by atoms with Crippen LogP contribution in [0.1, 0.15) is 16.8 Å². The van der Waals surface area contributed by atoms with Crippen molar-refractivity contribution in [2.45, 2.75) is 20.3 Å². The van der Waals surface area contributed by atoms with Gasteiger partial charge in [0.15, 0.2) is 5.58 Å². The maximum absolute atomic E-state index is 5.30. The van der Waals surface area contributed by atoms with Crippen LogP contribution < -0.4 is 0 Å². The Bertz CT molecular complexity index is 462. The molecule has 74 valence electrons. The number of aryl methyl sites for hydroxylation is 3. The van der Waals surface area contributed by atoms with Crippen LogP contribution >= 0.6 is 12.6 Å². The van der Waals surface area contributed by atoms with Gasteiger partial charge < -0.3 is 4.52 Å². The molecule has 0 fully saturated rings. The fourth-order valence-electron chi connectivity index (χ4n) is 1.73. The van der Waals surface area contributed by atoms with Crippen molar-refractivity contribution in [2.24, 2.45) is 0 Å². The van der Waals surface area contributed by atoms with Crippen molar-refractivity contribution in [3.05, 3.63) is 29.0 Å². The summed E-state index contributed by atoms with van der Waals surface area (Å²) in [5.41, 5.74) is 4.32. The summed E-state index contributed by atoms with van der Waals surface area (Å²) in [5.74, 6) is 0.800. The number of aromatic nitrogens is 1. The summed E-state index contributed by atoms with van der Waals surface area (Å²) in [5, 5.41) is 5.20. The Kier molecular flexibility index (Phi) is 2.50. The van der Waals surface area contributed by atoms with Crippen LogP contribution in [0.5, 0.6) is 0 Å². The molecule has 0 spiro atoms. The molecule has 2 aromatic rings. The van der Waals surface area contributed by atoms with Crippen molar-refractivity contribution in [1.82, 2.24) is 5.16 Å². The highest BCUT2D eigenvalue weighted by molar-refractivity contribution is 7.80. The minimum Gasteiger partial charge on any atom is -0.356 e. The van der Waals surface area contributed by atoms with Crippen molar-refractivity contribution < 1.29 is 4.52 Å². The molecule has 0 aliphatic carbocycles. The number of rotatable bonds is 2. The standard InChI is InChI=1S/C11H13NOS/c1-7-5-8(2)11-9(6-7)10(3-4-14)12-13-11/h5-6,14H,3-4H2,1-2H3. The summed E-state index contributed by atoms with van der Waals surface area (Å²) >= 11 is 4.20. The van der Waals surface area contributed by atoms with Gasteiger partial charge in [-0.2, -0.15) is 12.6 Å². The fraction of sp³-hybridized carbons (Fsp3) is 0.364. The molecule has 0 N–H and O–H groups in total. The second-order valence-corrected chi connectivity index (χ2v) is 4.01. The summed E-state index contributed by atoms with van der Waals surface area (Å²) < 4.78 is 5.30. The van der Waals surface area contributed by atoms with Crippen molar-refractivity contribution >= 4 is 23.6 Å². The Morgan fingerprint density at radius 3 is 2.86 bits per heavy atom. The Hall–Kier alpha value is -0.960. The normalized spacial score (nSPS) is 11.1. The highest BCUT2D eigenvalue weighted by Gasteiger charge is 2.09. The maximum atomic E-state index is 5.30. The van der Waals surface area contributed by atoms with Crippen LogP contribution in [0, 0.1) is 13.8 Å². The lowest BCUT2D eigenvalue weighted by Crippen LogP contribution is -1.87. The first-order valence-electron chi connectivity index (χ1n) is 4.68.